The Bertz CT molecular complexity index is 889. The van der Waals surface area contributed by atoms with Gasteiger partial charge in [0.2, 0.25) is 5.75 Å². The fourth-order valence-electron chi connectivity index (χ4n) is 2.97. The van der Waals surface area contributed by atoms with Gasteiger partial charge in [0, 0.05) is 18.1 Å². The number of rotatable bonds is 6. The highest BCUT2D eigenvalue weighted by molar-refractivity contribution is 5.92. The number of benzene rings is 2. The van der Waals surface area contributed by atoms with E-state index in [1.165, 1.54) is 6.92 Å². The Morgan fingerprint density at radius 2 is 1.79 bits per heavy atom. The molecule has 2 aromatic carbocycles. The molecule has 0 amide bonds. The Kier molecular flexibility index (Phi) is 6.03. The molecule has 148 valence electrons. The van der Waals surface area contributed by atoms with Crippen molar-refractivity contribution in [1.29, 1.82) is 0 Å². The van der Waals surface area contributed by atoms with E-state index >= 15 is 0 Å². The van der Waals surface area contributed by atoms with Gasteiger partial charge in [-0.05, 0) is 36.8 Å². The lowest BCUT2D eigenvalue weighted by Gasteiger charge is -2.23. The van der Waals surface area contributed by atoms with Crippen molar-refractivity contribution in [1.82, 2.24) is 0 Å². The Morgan fingerprint density at radius 3 is 2.46 bits per heavy atom. The number of methoxy groups -OCH3 is 1. The van der Waals surface area contributed by atoms with Crippen LogP contribution in [0.15, 0.2) is 30.3 Å². The minimum absolute atomic E-state index is 0.0347. The molecular weight excluding hydrogens is 364 g/mol. The van der Waals surface area contributed by atoms with Crippen LogP contribution in [0.5, 0.6) is 17.2 Å². The first-order chi connectivity index (χ1) is 13.5. The highest BCUT2D eigenvalue weighted by Crippen LogP contribution is 2.46. The molecule has 7 nitrogen and oxygen atoms in total. The third kappa shape index (κ3) is 4.03. The molecule has 1 aliphatic heterocycles. The highest BCUT2D eigenvalue weighted by atomic mass is 16.6. The smallest absolute Gasteiger partial charge is 0.338 e. The van der Waals surface area contributed by atoms with Crippen molar-refractivity contribution < 1.29 is 33.3 Å². The maximum absolute atomic E-state index is 12.3. The monoisotopic (exact) mass is 386 g/mol. The molecule has 0 aliphatic carbocycles. The molecule has 0 N–H and O–H groups in total. The molecule has 3 rings (SSSR count). The first-order valence-corrected chi connectivity index (χ1v) is 8.95. The predicted octanol–water partition coefficient (Wildman–Crippen LogP) is 3.37. The van der Waals surface area contributed by atoms with E-state index in [0.717, 1.165) is 11.1 Å². The molecule has 0 radical (unpaired) electrons. The van der Waals surface area contributed by atoms with Crippen molar-refractivity contribution >= 4 is 11.9 Å². The topological polar surface area (TPSA) is 80.3 Å². The summed E-state index contributed by atoms with van der Waals surface area (Å²) in [5.41, 5.74) is 2.48. The molecule has 7 heteroatoms. The Labute approximate surface area is 163 Å². The molecule has 0 aromatic heterocycles. The third-order valence-corrected chi connectivity index (χ3v) is 4.21. The summed E-state index contributed by atoms with van der Waals surface area (Å²) in [6.45, 7) is 4.14. The molecule has 0 spiro atoms. The van der Waals surface area contributed by atoms with Gasteiger partial charge in [0.05, 0.1) is 19.3 Å². The summed E-state index contributed by atoms with van der Waals surface area (Å²) in [6, 6.07) is 8.90. The van der Waals surface area contributed by atoms with Crippen molar-refractivity contribution in [2.24, 2.45) is 0 Å². The molecule has 2 aromatic rings. The predicted molar refractivity (Wildman–Crippen MR) is 101 cm³/mol. The first kappa shape index (κ1) is 19.5. The molecule has 1 aliphatic rings. The van der Waals surface area contributed by atoms with Crippen LogP contribution in [0.3, 0.4) is 0 Å². The third-order valence-electron chi connectivity index (χ3n) is 4.21. The molecule has 0 bridgehead atoms. The van der Waals surface area contributed by atoms with Crippen molar-refractivity contribution in [3.63, 3.8) is 0 Å². The number of carbonyl (C=O) groups excluding carboxylic acids is 2. The van der Waals surface area contributed by atoms with E-state index in [-0.39, 0.29) is 13.2 Å². The van der Waals surface area contributed by atoms with Crippen molar-refractivity contribution in [2.45, 2.75) is 20.5 Å². The van der Waals surface area contributed by atoms with Gasteiger partial charge in [-0.15, -0.1) is 0 Å². The number of ether oxygens (including phenoxy) is 5. The fourth-order valence-corrected chi connectivity index (χ4v) is 2.97. The molecule has 28 heavy (non-hydrogen) atoms. The molecule has 0 unspecified atom stereocenters. The van der Waals surface area contributed by atoms with Gasteiger partial charge in [-0.2, -0.15) is 0 Å². The van der Waals surface area contributed by atoms with E-state index in [4.69, 9.17) is 23.7 Å². The second kappa shape index (κ2) is 8.65. The molecular formula is C21H22O7. The Hall–Kier alpha value is -3.22. The van der Waals surface area contributed by atoms with Crippen LogP contribution in [0.2, 0.25) is 0 Å². The quantitative estimate of drug-likeness (QED) is 0.704. The minimum atomic E-state index is -0.465. The second-order valence-electron chi connectivity index (χ2n) is 6.04. The van der Waals surface area contributed by atoms with E-state index in [1.807, 2.05) is 6.07 Å². The minimum Gasteiger partial charge on any atom is -0.493 e. The largest absolute Gasteiger partial charge is 0.493 e. The van der Waals surface area contributed by atoms with Crippen molar-refractivity contribution in [3.05, 3.63) is 41.5 Å². The highest BCUT2D eigenvalue weighted by Gasteiger charge is 2.23. The number of hydrogen-bond donors (Lipinski definition) is 0. The van der Waals surface area contributed by atoms with Gasteiger partial charge in [-0.1, -0.05) is 6.07 Å². The summed E-state index contributed by atoms with van der Waals surface area (Å²) < 4.78 is 27.1. The summed E-state index contributed by atoms with van der Waals surface area (Å²) in [5, 5.41) is 0. The van der Waals surface area contributed by atoms with E-state index in [1.54, 1.807) is 38.3 Å². The van der Waals surface area contributed by atoms with Crippen LogP contribution in [0, 0.1) is 0 Å². The maximum Gasteiger partial charge on any atom is 0.338 e. The Morgan fingerprint density at radius 1 is 1.04 bits per heavy atom. The summed E-state index contributed by atoms with van der Waals surface area (Å²) in [7, 11) is 1.57. The average Bonchev–Trinajstić information content (AvgIpc) is 2.71. The normalized spacial score (nSPS) is 12.2. The summed E-state index contributed by atoms with van der Waals surface area (Å²) in [6.07, 6.45) is 0. The molecule has 0 fully saturated rings. The molecule has 0 saturated heterocycles. The average molecular weight is 386 g/mol. The zero-order valence-electron chi connectivity index (χ0n) is 16.1. The van der Waals surface area contributed by atoms with Gasteiger partial charge in [0.15, 0.2) is 11.5 Å². The van der Waals surface area contributed by atoms with Crippen LogP contribution in [0.25, 0.3) is 11.1 Å². The van der Waals surface area contributed by atoms with Crippen LogP contribution in [-0.2, 0) is 20.9 Å². The number of carbonyl (C=O) groups is 2. The van der Waals surface area contributed by atoms with Gasteiger partial charge in [0.1, 0.15) is 19.8 Å². The van der Waals surface area contributed by atoms with Crippen LogP contribution in [0.4, 0.5) is 0 Å². The van der Waals surface area contributed by atoms with E-state index in [9.17, 15) is 9.59 Å². The zero-order chi connectivity index (χ0) is 20.1. The summed E-state index contributed by atoms with van der Waals surface area (Å²) in [5.74, 6) is 0.809. The summed E-state index contributed by atoms with van der Waals surface area (Å²) >= 11 is 0. The van der Waals surface area contributed by atoms with E-state index in [0.29, 0.717) is 41.6 Å². The zero-order valence-corrected chi connectivity index (χ0v) is 16.1. The lowest BCUT2D eigenvalue weighted by atomic mass is 9.98. The van der Waals surface area contributed by atoms with Crippen LogP contribution >= 0.6 is 0 Å². The van der Waals surface area contributed by atoms with E-state index in [2.05, 4.69) is 0 Å². The van der Waals surface area contributed by atoms with Gasteiger partial charge >= 0.3 is 11.9 Å². The van der Waals surface area contributed by atoms with Crippen molar-refractivity contribution in [3.8, 4) is 28.4 Å². The van der Waals surface area contributed by atoms with Crippen LogP contribution in [0.1, 0.15) is 29.8 Å². The van der Waals surface area contributed by atoms with Gasteiger partial charge in [-0.3, -0.25) is 4.79 Å². The van der Waals surface area contributed by atoms with Gasteiger partial charge in [0.25, 0.3) is 0 Å². The van der Waals surface area contributed by atoms with Gasteiger partial charge in [-0.25, -0.2) is 4.79 Å². The molecule has 0 saturated carbocycles. The first-order valence-electron chi connectivity index (χ1n) is 8.95. The number of hydrogen-bond acceptors (Lipinski definition) is 7. The molecule has 0 atom stereocenters. The van der Waals surface area contributed by atoms with Crippen LogP contribution < -0.4 is 14.2 Å². The summed E-state index contributed by atoms with van der Waals surface area (Å²) in [4.78, 5) is 23.5. The molecule has 1 heterocycles. The Balaban J connectivity index is 2.06. The van der Waals surface area contributed by atoms with Crippen molar-refractivity contribution in [2.75, 3.05) is 26.9 Å². The second-order valence-corrected chi connectivity index (χ2v) is 6.04. The number of esters is 2. The SMILES string of the molecule is CCOC(=O)c1ccc(-c2ccc(OC)c3c2OCCO3)cc1COC(C)=O. The van der Waals surface area contributed by atoms with Gasteiger partial charge < -0.3 is 23.7 Å². The van der Waals surface area contributed by atoms with E-state index < -0.39 is 11.9 Å². The lowest BCUT2D eigenvalue weighted by Crippen LogP contribution is -2.16. The lowest BCUT2D eigenvalue weighted by molar-refractivity contribution is -0.142. The fraction of sp³-hybridized carbons (Fsp3) is 0.333. The maximum atomic E-state index is 12.3. The number of fused-ring (bicyclic) bond motifs is 1. The standard InChI is InChI=1S/C21H22O7/c1-4-25-21(23)17-6-5-14(11-15(17)12-28-13(2)22)16-7-8-18(24-3)20-19(16)26-9-10-27-20/h5-8,11H,4,9-10,12H2,1-3H3. The van der Waals surface area contributed by atoms with Crippen LogP contribution in [-0.4, -0.2) is 38.9 Å².